The minimum Gasteiger partial charge on any atom is -0.493 e. The molecule has 1 saturated carbocycles. The van der Waals surface area contributed by atoms with Crippen LogP contribution in [0.25, 0.3) is 28.3 Å². The van der Waals surface area contributed by atoms with Crippen LogP contribution in [0.4, 0.5) is 0 Å². The first-order valence-corrected chi connectivity index (χ1v) is 13.1. The Labute approximate surface area is 211 Å². The van der Waals surface area contributed by atoms with E-state index in [2.05, 4.69) is 33.9 Å². The van der Waals surface area contributed by atoms with Crippen molar-refractivity contribution in [3.05, 3.63) is 42.2 Å². The molecule has 0 bridgehead atoms. The fourth-order valence-corrected chi connectivity index (χ4v) is 5.63. The molecule has 188 valence electrons. The second-order valence-electron chi connectivity index (χ2n) is 10.5. The maximum atomic E-state index is 5.56. The Morgan fingerprint density at radius 1 is 1.08 bits per heavy atom. The highest BCUT2D eigenvalue weighted by molar-refractivity contribution is 5.75. The van der Waals surface area contributed by atoms with Crippen LogP contribution in [0, 0.1) is 5.92 Å². The second-order valence-corrected chi connectivity index (χ2v) is 10.5. The number of aromatic amines is 1. The van der Waals surface area contributed by atoms with Crippen molar-refractivity contribution in [2.45, 2.75) is 57.8 Å². The number of fused-ring (bicyclic) bond motifs is 1. The number of H-pyrrole nitrogens is 1. The second kappa shape index (κ2) is 9.61. The zero-order valence-corrected chi connectivity index (χ0v) is 21.3. The molecule has 0 radical (unpaired) electrons. The molecule has 9 heteroatoms. The molecule has 1 aliphatic carbocycles. The average Bonchev–Trinajstić information content (AvgIpc) is 3.54. The zero-order chi connectivity index (χ0) is 24.6. The molecule has 0 unspecified atom stereocenters. The van der Waals surface area contributed by atoms with Crippen LogP contribution in [0.3, 0.4) is 0 Å². The minimum absolute atomic E-state index is 0.229. The topological polar surface area (TPSA) is 97.1 Å². The summed E-state index contributed by atoms with van der Waals surface area (Å²) in [5, 5.41) is 12.2. The van der Waals surface area contributed by atoms with Crippen LogP contribution in [-0.4, -0.2) is 66.4 Å². The minimum atomic E-state index is 0.229. The van der Waals surface area contributed by atoms with Crippen LogP contribution >= 0.6 is 0 Å². The van der Waals surface area contributed by atoms with E-state index in [-0.39, 0.29) is 5.92 Å². The van der Waals surface area contributed by atoms with E-state index in [0.717, 1.165) is 39.8 Å². The lowest BCUT2D eigenvalue weighted by Gasteiger charge is -2.36. The Hall–Kier alpha value is -3.33. The maximum Gasteiger partial charge on any atom is 0.197 e. The van der Waals surface area contributed by atoms with E-state index in [1.807, 2.05) is 24.7 Å². The van der Waals surface area contributed by atoms with E-state index in [9.17, 15) is 0 Å². The number of hydrogen-bond acceptors (Lipinski definition) is 7. The van der Waals surface area contributed by atoms with Gasteiger partial charge in [0.1, 0.15) is 12.0 Å². The standard InChI is InChI=1S/C27H34N8O/c1-17(2)24-25(20-11-23(36-3)27-30-16-31-35(27)15-20)32-33-26(24)22-13-28-21(12-29-22)19-7-9-34(10-8-19)14-18-5-4-6-18/h11-13,15-19H,4-10,14H2,1-3H3,(H,32,33). The number of aromatic nitrogens is 7. The van der Waals surface area contributed by atoms with Crippen LogP contribution in [-0.2, 0) is 0 Å². The van der Waals surface area contributed by atoms with Gasteiger partial charge >= 0.3 is 0 Å². The van der Waals surface area contributed by atoms with E-state index < -0.39 is 0 Å². The van der Waals surface area contributed by atoms with Crippen LogP contribution < -0.4 is 4.74 Å². The Morgan fingerprint density at radius 3 is 2.58 bits per heavy atom. The van der Waals surface area contributed by atoms with E-state index >= 15 is 0 Å². The van der Waals surface area contributed by atoms with Gasteiger partial charge in [0, 0.05) is 36.0 Å². The lowest BCUT2D eigenvalue weighted by Crippen LogP contribution is -2.38. The largest absolute Gasteiger partial charge is 0.493 e. The van der Waals surface area contributed by atoms with Gasteiger partial charge in [0.2, 0.25) is 0 Å². The molecule has 0 atom stereocenters. The number of rotatable bonds is 7. The lowest BCUT2D eigenvalue weighted by atomic mass is 9.84. The summed E-state index contributed by atoms with van der Waals surface area (Å²) in [6, 6.07) is 1.96. The van der Waals surface area contributed by atoms with Crippen molar-refractivity contribution < 1.29 is 4.74 Å². The van der Waals surface area contributed by atoms with Gasteiger partial charge in [0.05, 0.1) is 30.4 Å². The Balaban J connectivity index is 1.23. The molecule has 0 amide bonds. The number of nitrogens with one attached hydrogen (secondary N) is 1. The monoisotopic (exact) mass is 486 g/mol. The molecule has 2 fully saturated rings. The normalized spacial score (nSPS) is 17.7. The van der Waals surface area contributed by atoms with Crippen molar-refractivity contribution in [1.82, 2.24) is 39.7 Å². The third-order valence-corrected chi connectivity index (χ3v) is 7.89. The van der Waals surface area contributed by atoms with Gasteiger partial charge in [-0.3, -0.25) is 15.1 Å². The molecule has 4 aromatic heterocycles. The van der Waals surface area contributed by atoms with Crippen molar-refractivity contribution in [1.29, 1.82) is 0 Å². The fraction of sp³-hybridized carbons (Fsp3) is 0.519. The molecule has 5 heterocycles. The van der Waals surface area contributed by atoms with Crippen LogP contribution in [0.2, 0.25) is 0 Å². The summed E-state index contributed by atoms with van der Waals surface area (Å²) in [6.45, 7) is 7.97. The van der Waals surface area contributed by atoms with Crippen LogP contribution in [0.1, 0.15) is 69.0 Å². The van der Waals surface area contributed by atoms with Crippen LogP contribution in [0.5, 0.6) is 5.75 Å². The number of methoxy groups -OCH3 is 1. The van der Waals surface area contributed by atoms with Gasteiger partial charge in [-0.05, 0) is 56.7 Å². The number of piperidine rings is 1. The molecular formula is C27H34N8O. The summed E-state index contributed by atoms with van der Waals surface area (Å²) in [5.74, 6) is 2.32. The first kappa shape index (κ1) is 23.1. The lowest BCUT2D eigenvalue weighted by molar-refractivity contribution is 0.146. The number of likely N-dealkylation sites (tertiary alicyclic amines) is 1. The summed E-state index contributed by atoms with van der Waals surface area (Å²) in [7, 11) is 1.64. The third kappa shape index (κ3) is 4.25. The Morgan fingerprint density at radius 2 is 1.92 bits per heavy atom. The Bertz CT molecular complexity index is 1330. The molecule has 4 aromatic rings. The highest BCUT2D eigenvalue weighted by atomic mass is 16.5. The molecule has 1 N–H and O–H groups in total. The zero-order valence-electron chi connectivity index (χ0n) is 21.3. The van der Waals surface area contributed by atoms with E-state index in [0.29, 0.717) is 17.3 Å². The summed E-state index contributed by atoms with van der Waals surface area (Å²) in [5.41, 5.74) is 6.38. The molecule has 36 heavy (non-hydrogen) atoms. The molecule has 6 rings (SSSR count). The van der Waals surface area contributed by atoms with E-state index in [1.54, 1.807) is 11.6 Å². The van der Waals surface area contributed by atoms with Gasteiger partial charge in [-0.2, -0.15) is 10.2 Å². The molecule has 2 aliphatic rings. The number of hydrogen-bond donors (Lipinski definition) is 1. The predicted octanol–water partition coefficient (Wildman–Crippen LogP) is 4.69. The van der Waals surface area contributed by atoms with Gasteiger partial charge in [-0.15, -0.1) is 0 Å². The maximum absolute atomic E-state index is 5.56. The molecule has 1 saturated heterocycles. The first-order valence-electron chi connectivity index (χ1n) is 13.1. The quantitative estimate of drug-likeness (QED) is 0.405. The Kier molecular flexibility index (Phi) is 6.17. The van der Waals surface area contributed by atoms with Crippen molar-refractivity contribution in [3.8, 4) is 28.4 Å². The smallest absolute Gasteiger partial charge is 0.197 e. The molecule has 0 aromatic carbocycles. The summed E-state index contributed by atoms with van der Waals surface area (Å²) in [6.07, 6.45) is 13.9. The molecular weight excluding hydrogens is 452 g/mol. The molecule has 0 spiro atoms. The first-order chi connectivity index (χ1) is 17.6. The number of pyridine rings is 1. The highest BCUT2D eigenvalue weighted by Gasteiger charge is 2.27. The third-order valence-electron chi connectivity index (χ3n) is 7.89. The number of ether oxygens (including phenoxy) is 1. The van der Waals surface area contributed by atoms with Gasteiger partial charge in [-0.1, -0.05) is 20.3 Å². The molecule has 1 aliphatic heterocycles. The highest BCUT2D eigenvalue weighted by Crippen LogP contribution is 2.37. The van der Waals surface area contributed by atoms with Crippen LogP contribution in [0.15, 0.2) is 31.0 Å². The summed E-state index contributed by atoms with van der Waals surface area (Å²) >= 11 is 0. The van der Waals surface area contributed by atoms with E-state index in [1.165, 1.54) is 58.1 Å². The fourth-order valence-electron chi connectivity index (χ4n) is 5.63. The van der Waals surface area contributed by atoms with Gasteiger partial charge in [0.15, 0.2) is 11.4 Å². The van der Waals surface area contributed by atoms with Crippen molar-refractivity contribution in [2.75, 3.05) is 26.7 Å². The molecule has 9 nitrogen and oxygen atoms in total. The summed E-state index contributed by atoms with van der Waals surface area (Å²) in [4.78, 5) is 16.6. The average molecular weight is 487 g/mol. The number of nitrogens with zero attached hydrogens (tertiary/aromatic N) is 7. The predicted molar refractivity (Wildman–Crippen MR) is 138 cm³/mol. The van der Waals surface area contributed by atoms with E-state index in [4.69, 9.17) is 19.8 Å². The van der Waals surface area contributed by atoms with Crippen molar-refractivity contribution >= 4 is 5.65 Å². The van der Waals surface area contributed by atoms with Gasteiger partial charge in [-0.25, -0.2) is 9.50 Å². The van der Waals surface area contributed by atoms with Gasteiger partial charge in [0.25, 0.3) is 0 Å². The van der Waals surface area contributed by atoms with Crippen molar-refractivity contribution in [2.24, 2.45) is 5.92 Å². The summed E-state index contributed by atoms with van der Waals surface area (Å²) < 4.78 is 7.28. The van der Waals surface area contributed by atoms with Gasteiger partial charge < -0.3 is 9.64 Å². The SMILES string of the molecule is COc1cc(-c2n[nH]c(-c3cnc(C4CCN(CC5CCC5)CC4)cn3)c2C(C)C)cn2ncnc12. The van der Waals surface area contributed by atoms with Crippen molar-refractivity contribution in [3.63, 3.8) is 0 Å².